The third kappa shape index (κ3) is 6.03. The number of aliphatic hydroxyl groups excluding tert-OH is 1. The minimum absolute atomic E-state index is 0.213. The van der Waals surface area contributed by atoms with Gasteiger partial charge in [-0.05, 0) is 19.4 Å². The zero-order valence-corrected chi connectivity index (χ0v) is 8.77. The maximum Gasteiger partial charge on any atom is 0.334 e. The molecule has 0 radical (unpaired) electrons. The number of hydrogen-bond donors (Lipinski definition) is 4. The molecule has 0 saturated heterocycles. The van der Waals surface area contributed by atoms with Crippen LogP contribution in [0.1, 0.15) is 19.8 Å². The highest BCUT2D eigenvalue weighted by atomic mass is 16.4. The number of carbonyl (C=O) groups excluding carboxylic acids is 1. The topological polar surface area (TPSA) is 113 Å². The van der Waals surface area contributed by atoms with Gasteiger partial charge in [0, 0.05) is 5.92 Å². The van der Waals surface area contributed by atoms with E-state index in [0.717, 1.165) is 6.42 Å². The molecular weight excluding hydrogens is 200 g/mol. The van der Waals surface area contributed by atoms with Gasteiger partial charge < -0.3 is 21.3 Å². The van der Waals surface area contributed by atoms with Gasteiger partial charge in [0.15, 0.2) is 6.10 Å². The Morgan fingerprint density at radius 1 is 1.47 bits per heavy atom. The highest BCUT2D eigenvalue weighted by Crippen LogP contribution is 2.04. The van der Waals surface area contributed by atoms with E-state index < -0.39 is 12.1 Å². The molecule has 1 amide bonds. The van der Waals surface area contributed by atoms with Gasteiger partial charge in [-0.25, -0.2) is 4.79 Å². The van der Waals surface area contributed by atoms with Crippen LogP contribution in [-0.4, -0.2) is 41.3 Å². The van der Waals surface area contributed by atoms with E-state index in [9.17, 15) is 9.59 Å². The maximum absolute atomic E-state index is 11.3. The minimum atomic E-state index is -1.55. The van der Waals surface area contributed by atoms with Crippen LogP contribution in [0.4, 0.5) is 0 Å². The molecule has 0 rings (SSSR count). The van der Waals surface area contributed by atoms with Crippen LogP contribution in [0, 0.1) is 5.92 Å². The number of aliphatic carboxylic acids is 1. The van der Waals surface area contributed by atoms with Crippen LogP contribution in [0.3, 0.4) is 0 Å². The third-order valence-corrected chi connectivity index (χ3v) is 2.04. The van der Waals surface area contributed by atoms with Crippen molar-refractivity contribution in [2.45, 2.75) is 25.9 Å². The normalized spacial score (nSPS) is 14.3. The van der Waals surface area contributed by atoms with Crippen molar-refractivity contribution < 1.29 is 19.8 Å². The Kier molecular flexibility index (Phi) is 6.64. The van der Waals surface area contributed by atoms with Crippen LogP contribution in [-0.2, 0) is 9.59 Å². The molecule has 0 saturated carbocycles. The lowest BCUT2D eigenvalue weighted by Gasteiger charge is -2.12. The quantitative estimate of drug-likeness (QED) is 0.434. The molecule has 0 aliphatic carbocycles. The van der Waals surface area contributed by atoms with E-state index >= 15 is 0 Å². The Balaban J connectivity index is 3.77. The molecule has 0 aliphatic heterocycles. The van der Waals surface area contributed by atoms with Crippen molar-refractivity contribution in [2.24, 2.45) is 11.7 Å². The lowest BCUT2D eigenvalue weighted by molar-refractivity contribution is -0.146. The summed E-state index contributed by atoms with van der Waals surface area (Å²) in [5.41, 5.74) is 5.29. The number of nitrogens with one attached hydrogen (secondary N) is 1. The molecule has 2 atom stereocenters. The molecule has 5 N–H and O–H groups in total. The summed E-state index contributed by atoms with van der Waals surface area (Å²) in [5.74, 6) is -1.82. The zero-order valence-electron chi connectivity index (χ0n) is 8.77. The van der Waals surface area contributed by atoms with Crippen LogP contribution < -0.4 is 11.1 Å². The number of nitrogens with two attached hydrogens (primary N) is 1. The number of hydrogen-bond acceptors (Lipinski definition) is 4. The first-order valence-electron chi connectivity index (χ1n) is 4.87. The van der Waals surface area contributed by atoms with Crippen molar-refractivity contribution in [3.63, 3.8) is 0 Å². The first-order chi connectivity index (χ1) is 6.99. The Hall–Kier alpha value is -1.14. The number of carboxylic acid groups (broad SMARTS) is 1. The van der Waals surface area contributed by atoms with Gasteiger partial charge >= 0.3 is 5.97 Å². The monoisotopic (exact) mass is 218 g/mol. The molecule has 2 unspecified atom stereocenters. The van der Waals surface area contributed by atoms with Crippen molar-refractivity contribution >= 4 is 11.9 Å². The van der Waals surface area contributed by atoms with Gasteiger partial charge in [0.1, 0.15) is 0 Å². The molecule has 0 bridgehead atoms. The average molecular weight is 218 g/mol. The van der Waals surface area contributed by atoms with Gasteiger partial charge in [-0.3, -0.25) is 4.79 Å². The number of rotatable bonds is 7. The molecule has 0 aliphatic rings. The van der Waals surface area contributed by atoms with Gasteiger partial charge in [0.25, 0.3) is 0 Å². The molecule has 6 nitrogen and oxygen atoms in total. The molecule has 0 aromatic heterocycles. The van der Waals surface area contributed by atoms with Crippen LogP contribution in [0.15, 0.2) is 0 Å². The second-order valence-corrected chi connectivity index (χ2v) is 3.43. The first-order valence-corrected chi connectivity index (χ1v) is 4.87. The van der Waals surface area contributed by atoms with Crippen molar-refractivity contribution in [3.05, 3.63) is 0 Å². The molecule has 15 heavy (non-hydrogen) atoms. The van der Waals surface area contributed by atoms with E-state index in [1.807, 2.05) is 0 Å². The number of carbonyl (C=O) groups is 2. The van der Waals surface area contributed by atoms with Gasteiger partial charge in [0.2, 0.25) is 5.91 Å². The standard InChI is InChI=1S/C9H18N2O4/c1-6(3-2-4-10)8(13)11-5-7(12)9(14)15/h6-7,12H,2-5,10H2,1H3,(H,11,13)(H,14,15). The summed E-state index contributed by atoms with van der Waals surface area (Å²) in [5, 5.41) is 19.6. The van der Waals surface area contributed by atoms with Crippen LogP contribution in [0.5, 0.6) is 0 Å². The Morgan fingerprint density at radius 2 is 2.07 bits per heavy atom. The minimum Gasteiger partial charge on any atom is -0.479 e. The summed E-state index contributed by atoms with van der Waals surface area (Å²) in [6.45, 7) is 1.99. The summed E-state index contributed by atoms with van der Waals surface area (Å²) < 4.78 is 0. The summed E-state index contributed by atoms with van der Waals surface area (Å²) in [7, 11) is 0. The predicted molar refractivity (Wildman–Crippen MR) is 54.1 cm³/mol. The first kappa shape index (κ1) is 13.9. The highest BCUT2D eigenvalue weighted by molar-refractivity contribution is 5.79. The molecule has 6 heteroatoms. The fourth-order valence-electron chi connectivity index (χ4n) is 1.01. The number of amides is 1. The second-order valence-electron chi connectivity index (χ2n) is 3.43. The van der Waals surface area contributed by atoms with Gasteiger partial charge in [-0.15, -0.1) is 0 Å². The van der Waals surface area contributed by atoms with E-state index in [4.69, 9.17) is 15.9 Å². The number of carboxylic acids is 1. The van der Waals surface area contributed by atoms with E-state index in [2.05, 4.69) is 5.32 Å². The lowest BCUT2D eigenvalue weighted by atomic mass is 10.0. The van der Waals surface area contributed by atoms with E-state index in [1.54, 1.807) is 6.92 Å². The van der Waals surface area contributed by atoms with Crippen molar-refractivity contribution in [1.29, 1.82) is 0 Å². The summed E-state index contributed by atoms with van der Waals surface area (Å²) in [6, 6.07) is 0. The van der Waals surface area contributed by atoms with E-state index in [0.29, 0.717) is 13.0 Å². The van der Waals surface area contributed by atoms with Gasteiger partial charge in [0.05, 0.1) is 6.54 Å². The molecule has 0 aromatic carbocycles. The average Bonchev–Trinajstić information content (AvgIpc) is 2.21. The third-order valence-electron chi connectivity index (χ3n) is 2.04. The molecule has 0 aromatic rings. The molecule has 0 fully saturated rings. The van der Waals surface area contributed by atoms with Crippen LogP contribution in [0.25, 0.3) is 0 Å². The molecule has 88 valence electrons. The predicted octanol–water partition coefficient (Wildman–Crippen LogP) is -1.08. The fraction of sp³-hybridized carbons (Fsp3) is 0.778. The lowest BCUT2D eigenvalue weighted by Crippen LogP contribution is -2.38. The van der Waals surface area contributed by atoms with Crippen molar-refractivity contribution in [3.8, 4) is 0 Å². The highest BCUT2D eigenvalue weighted by Gasteiger charge is 2.17. The van der Waals surface area contributed by atoms with E-state index in [-0.39, 0.29) is 18.4 Å². The Bertz CT molecular complexity index is 220. The Labute approximate surface area is 88.5 Å². The van der Waals surface area contributed by atoms with Crippen LogP contribution >= 0.6 is 0 Å². The largest absolute Gasteiger partial charge is 0.479 e. The molecule has 0 spiro atoms. The van der Waals surface area contributed by atoms with Crippen molar-refractivity contribution in [2.75, 3.05) is 13.1 Å². The smallest absolute Gasteiger partial charge is 0.334 e. The fourth-order valence-corrected chi connectivity index (χ4v) is 1.01. The summed E-state index contributed by atoms with van der Waals surface area (Å²) in [4.78, 5) is 21.6. The maximum atomic E-state index is 11.3. The summed E-state index contributed by atoms with van der Waals surface area (Å²) >= 11 is 0. The van der Waals surface area contributed by atoms with Crippen molar-refractivity contribution in [1.82, 2.24) is 5.32 Å². The van der Waals surface area contributed by atoms with Gasteiger partial charge in [-0.2, -0.15) is 0 Å². The summed E-state index contributed by atoms with van der Waals surface area (Å²) in [6.07, 6.45) is -0.141. The van der Waals surface area contributed by atoms with E-state index in [1.165, 1.54) is 0 Å². The molecular formula is C9H18N2O4. The SMILES string of the molecule is CC(CCCN)C(=O)NCC(O)C(=O)O. The van der Waals surface area contributed by atoms with Crippen LogP contribution in [0.2, 0.25) is 0 Å². The number of aliphatic hydroxyl groups is 1. The zero-order chi connectivity index (χ0) is 11.8. The van der Waals surface area contributed by atoms with Gasteiger partial charge in [-0.1, -0.05) is 6.92 Å². The molecule has 0 heterocycles. The Morgan fingerprint density at radius 3 is 2.53 bits per heavy atom. The second kappa shape index (κ2) is 7.19.